The second-order valence-electron chi connectivity index (χ2n) is 6.00. The molecule has 120 valence electrons. The van der Waals surface area contributed by atoms with Gasteiger partial charge in [0.25, 0.3) is 0 Å². The monoisotopic (exact) mass is 306 g/mol. The number of likely N-dealkylation sites (N-methyl/N-ethyl adjacent to an activating group) is 1. The standard InChI is InChI=1S/C17H23FN2O2/c1-20(17(22)10-9-13-5-2-3-6-13)12-16(21)19-15-8-4-7-14(18)11-15/h4,7-8,11,13H,2-3,5-6,9-10,12H2,1H3,(H,19,21). The molecule has 1 aliphatic rings. The molecule has 1 aromatic rings. The van der Waals surface area contributed by atoms with Crippen molar-refractivity contribution in [1.29, 1.82) is 0 Å². The number of hydrogen-bond donors (Lipinski definition) is 1. The van der Waals surface area contributed by atoms with Gasteiger partial charge in [-0.15, -0.1) is 0 Å². The minimum atomic E-state index is -0.404. The van der Waals surface area contributed by atoms with Crippen LogP contribution in [-0.2, 0) is 9.59 Å². The number of nitrogens with zero attached hydrogens (tertiary/aromatic N) is 1. The van der Waals surface area contributed by atoms with Crippen LogP contribution in [0, 0.1) is 11.7 Å². The number of benzene rings is 1. The van der Waals surface area contributed by atoms with Crippen molar-refractivity contribution in [3.05, 3.63) is 30.1 Å². The average molecular weight is 306 g/mol. The highest BCUT2D eigenvalue weighted by atomic mass is 19.1. The van der Waals surface area contributed by atoms with Crippen molar-refractivity contribution < 1.29 is 14.0 Å². The molecule has 1 fully saturated rings. The van der Waals surface area contributed by atoms with Gasteiger partial charge in [0, 0.05) is 19.2 Å². The van der Waals surface area contributed by atoms with Gasteiger partial charge in [0.15, 0.2) is 0 Å². The first-order valence-electron chi connectivity index (χ1n) is 7.84. The molecule has 1 N–H and O–H groups in total. The fourth-order valence-corrected chi connectivity index (χ4v) is 2.89. The normalized spacial score (nSPS) is 14.8. The molecule has 0 unspecified atom stereocenters. The van der Waals surface area contributed by atoms with Crippen molar-refractivity contribution in [1.82, 2.24) is 4.90 Å². The smallest absolute Gasteiger partial charge is 0.243 e. The summed E-state index contributed by atoms with van der Waals surface area (Å²) in [6.07, 6.45) is 6.38. The summed E-state index contributed by atoms with van der Waals surface area (Å²) in [5, 5.41) is 2.59. The largest absolute Gasteiger partial charge is 0.336 e. The number of nitrogens with one attached hydrogen (secondary N) is 1. The van der Waals surface area contributed by atoms with Gasteiger partial charge in [-0.2, -0.15) is 0 Å². The van der Waals surface area contributed by atoms with Gasteiger partial charge < -0.3 is 10.2 Å². The molecule has 4 nitrogen and oxygen atoms in total. The summed E-state index contributed by atoms with van der Waals surface area (Å²) in [5.74, 6) is -0.0686. The Morgan fingerprint density at radius 1 is 1.32 bits per heavy atom. The summed E-state index contributed by atoms with van der Waals surface area (Å²) in [4.78, 5) is 25.3. The summed E-state index contributed by atoms with van der Waals surface area (Å²) in [5.41, 5.74) is 0.400. The average Bonchev–Trinajstić information content (AvgIpc) is 2.97. The maximum atomic E-state index is 13.0. The van der Waals surface area contributed by atoms with Crippen LogP contribution in [0.4, 0.5) is 10.1 Å². The van der Waals surface area contributed by atoms with E-state index in [9.17, 15) is 14.0 Å². The molecular weight excluding hydrogens is 283 g/mol. The maximum absolute atomic E-state index is 13.0. The second-order valence-corrected chi connectivity index (χ2v) is 6.00. The molecule has 22 heavy (non-hydrogen) atoms. The minimum absolute atomic E-state index is 0.0127. The number of amides is 2. The molecule has 0 bridgehead atoms. The van der Waals surface area contributed by atoms with Crippen molar-refractivity contribution in [3.8, 4) is 0 Å². The van der Waals surface area contributed by atoms with Crippen LogP contribution in [0.3, 0.4) is 0 Å². The van der Waals surface area contributed by atoms with E-state index in [1.54, 1.807) is 13.1 Å². The van der Waals surface area contributed by atoms with Crippen LogP contribution in [-0.4, -0.2) is 30.3 Å². The zero-order chi connectivity index (χ0) is 15.9. The van der Waals surface area contributed by atoms with Crippen molar-refractivity contribution >= 4 is 17.5 Å². The van der Waals surface area contributed by atoms with Crippen LogP contribution in [0.1, 0.15) is 38.5 Å². The minimum Gasteiger partial charge on any atom is -0.336 e. The highest BCUT2D eigenvalue weighted by Gasteiger charge is 2.18. The molecule has 2 amide bonds. The van der Waals surface area contributed by atoms with E-state index in [0.717, 1.165) is 6.42 Å². The molecule has 0 aliphatic heterocycles. The van der Waals surface area contributed by atoms with Crippen molar-refractivity contribution in [2.45, 2.75) is 38.5 Å². The number of rotatable bonds is 6. The molecule has 0 atom stereocenters. The SMILES string of the molecule is CN(CC(=O)Nc1cccc(F)c1)C(=O)CCC1CCCC1. The van der Waals surface area contributed by atoms with Gasteiger partial charge in [-0.1, -0.05) is 31.7 Å². The van der Waals surface area contributed by atoms with Crippen molar-refractivity contribution in [3.63, 3.8) is 0 Å². The van der Waals surface area contributed by atoms with Gasteiger partial charge in [0.1, 0.15) is 5.82 Å². The van der Waals surface area contributed by atoms with E-state index < -0.39 is 5.82 Å². The first kappa shape index (κ1) is 16.5. The van der Waals surface area contributed by atoms with E-state index in [2.05, 4.69) is 5.32 Å². The third kappa shape index (κ3) is 5.13. The molecule has 1 aliphatic carbocycles. The Morgan fingerprint density at radius 3 is 2.73 bits per heavy atom. The van der Waals surface area contributed by atoms with Gasteiger partial charge >= 0.3 is 0 Å². The first-order chi connectivity index (χ1) is 10.5. The van der Waals surface area contributed by atoms with Crippen LogP contribution in [0.2, 0.25) is 0 Å². The summed E-state index contributed by atoms with van der Waals surface area (Å²) in [7, 11) is 1.63. The number of halogens is 1. The summed E-state index contributed by atoms with van der Waals surface area (Å²) < 4.78 is 13.0. The highest BCUT2D eigenvalue weighted by molar-refractivity contribution is 5.94. The van der Waals surface area contributed by atoms with E-state index in [-0.39, 0.29) is 18.4 Å². The first-order valence-corrected chi connectivity index (χ1v) is 7.84. The molecular formula is C17H23FN2O2. The molecule has 1 saturated carbocycles. The Morgan fingerprint density at radius 2 is 2.05 bits per heavy atom. The zero-order valence-corrected chi connectivity index (χ0v) is 13.0. The molecule has 2 rings (SSSR count). The Kier molecular flexibility index (Phi) is 5.92. The van der Waals surface area contributed by atoms with Crippen LogP contribution in [0.25, 0.3) is 0 Å². The Bertz CT molecular complexity index is 527. The fourth-order valence-electron chi connectivity index (χ4n) is 2.89. The van der Waals surface area contributed by atoms with E-state index in [0.29, 0.717) is 18.0 Å². The van der Waals surface area contributed by atoms with Gasteiger partial charge in [-0.05, 0) is 30.5 Å². The second kappa shape index (κ2) is 7.92. The lowest BCUT2D eigenvalue weighted by Gasteiger charge is -2.18. The number of hydrogen-bond acceptors (Lipinski definition) is 2. The summed E-state index contributed by atoms with van der Waals surface area (Å²) in [6, 6.07) is 5.71. The summed E-state index contributed by atoms with van der Waals surface area (Å²) >= 11 is 0. The highest BCUT2D eigenvalue weighted by Crippen LogP contribution is 2.28. The lowest BCUT2D eigenvalue weighted by Crippen LogP contribution is -2.35. The molecule has 0 saturated heterocycles. The fraction of sp³-hybridized carbons (Fsp3) is 0.529. The Labute approximate surface area is 130 Å². The van der Waals surface area contributed by atoms with Crippen LogP contribution in [0.15, 0.2) is 24.3 Å². The van der Waals surface area contributed by atoms with Gasteiger partial charge in [0.2, 0.25) is 11.8 Å². The molecule has 5 heteroatoms. The topological polar surface area (TPSA) is 49.4 Å². The molecule has 1 aromatic carbocycles. The molecule has 0 spiro atoms. The third-order valence-electron chi connectivity index (χ3n) is 4.16. The maximum Gasteiger partial charge on any atom is 0.243 e. The number of carbonyl (C=O) groups is 2. The lowest BCUT2D eigenvalue weighted by molar-refractivity contribution is -0.133. The summed E-state index contributed by atoms with van der Waals surface area (Å²) in [6.45, 7) is -0.0139. The molecule has 0 heterocycles. The van der Waals surface area contributed by atoms with Gasteiger partial charge in [0.05, 0.1) is 6.54 Å². The van der Waals surface area contributed by atoms with Crippen LogP contribution < -0.4 is 5.32 Å². The van der Waals surface area contributed by atoms with E-state index >= 15 is 0 Å². The number of anilines is 1. The lowest BCUT2D eigenvalue weighted by atomic mass is 10.0. The van der Waals surface area contributed by atoms with Crippen molar-refractivity contribution in [2.75, 3.05) is 18.9 Å². The predicted molar refractivity (Wildman–Crippen MR) is 83.9 cm³/mol. The molecule has 0 aromatic heterocycles. The van der Waals surface area contributed by atoms with Crippen molar-refractivity contribution in [2.24, 2.45) is 5.92 Å². The van der Waals surface area contributed by atoms with Crippen LogP contribution in [0.5, 0.6) is 0 Å². The van der Waals surface area contributed by atoms with E-state index in [1.807, 2.05) is 0 Å². The Hall–Kier alpha value is -1.91. The van der Waals surface area contributed by atoms with E-state index in [1.165, 1.54) is 48.8 Å². The zero-order valence-electron chi connectivity index (χ0n) is 13.0. The van der Waals surface area contributed by atoms with Gasteiger partial charge in [-0.3, -0.25) is 9.59 Å². The Balaban J connectivity index is 1.73. The number of carbonyl (C=O) groups excluding carboxylic acids is 2. The predicted octanol–water partition coefficient (Wildman–Crippen LogP) is 3.19. The van der Waals surface area contributed by atoms with Crippen LogP contribution >= 0.6 is 0 Å². The third-order valence-corrected chi connectivity index (χ3v) is 4.16. The molecule has 0 radical (unpaired) electrons. The quantitative estimate of drug-likeness (QED) is 0.877. The van der Waals surface area contributed by atoms with E-state index in [4.69, 9.17) is 0 Å². The van der Waals surface area contributed by atoms with Gasteiger partial charge in [-0.25, -0.2) is 4.39 Å².